The molecule has 1 aromatic heterocycles. The third kappa shape index (κ3) is 3.94. The van der Waals surface area contributed by atoms with Gasteiger partial charge in [0.05, 0.1) is 17.6 Å². The number of nitrogens with one attached hydrogen (secondary N) is 2. The largest absolute Gasteiger partial charge is 0.370 e. The van der Waals surface area contributed by atoms with Gasteiger partial charge in [0.25, 0.3) is 0 Å². The Balaban J connectivity index is 1.59. The molecule has 1 aromatic carbocycles. The summed E-state index contributed by atoms with van der Waals surface area (Å²) in [5.41, 5.74) is 7.65. The average molecular weight is 315 g/mol. The van der Waals surface area contributed by atoms with Crippen LogP contribution in [-0.2, 0) is 6.54 Å². The number of rotatable bonds is 4. The molecule has 6 nitrogen and oxygen atoms in total. The van der Waals surface area contributed by atoms with E-state index in [0.717, 1.165) is 23.9 Å². The van der Waals surface area contributed by atoms with Crippen LogP contribution in [0.4, 0.5) is 0 Å². The molecule has 124 valence electrons. The van der Waals surface area contributed by atoms with E-state index in [-0.39, 0.29) is 5.69 Å². The minimum Gasteiger partial charge on any atom is -0.370 e. The van der Waals surface area contributed by atoms with Crippen molar-refractivity contribution < 1.29 is 0 Å². The van der Waals surface area contributed by atoms with Gasteiger partial charge in [-0.05, 0) is 25.0 Å². The van der Waals surface area contributed by atoms with E-state index in [2.05, 4.69) is 15.3 Å². The van der Waals surface area contributed by atoms with E-state index < -0.39 is 0 Å². The van der Waals surface area contributed by atoms with Crippen LogP contribution >= 0.6 is 0 Å². The van der Waals surface area contributed by atoms with Gasteiger partial charge < -0.3 is 16.0 Å². The fraction of sp³-hybridized carbons (Fsp3) is 0.529. The van der Waals surface area contributed by atoms with Crippen LogP contribution in [0.3, 0.4) is 0 Å². The van der Waals surface area contributed by atoms with Crippen LogP contribution in [0, 0.1) is 0 Å². The number of hydrogen-bond acceptors (Lipinski definition) is 2. The molecule has 23 heavy (non-hydrogen) atoms. The van der Waals surface area contributed by atoms with Crippen LogP contribution < -0.4 is 16.7 Å². The molecule has 1 saturated carbocycles. The highest BCUT2D eigenvalue weighted by Gasteiger charge is 2.12. The van der Waals surface area contributed by atoms with Gasteiger partial charge in [0, 0.05) is 12.6 Å². The van der Waals surface area contributed by atoms with Crippen molar-refractivity contribution in [2.75, 3.05) is 6.54 Å². The Morgan fingerprint density at radius 2 is 2.00 bits per heavy atom. The Bertz CT molecular complexity index is 722. The van der Waals surface area contributed by atoms with Crippen molar-refractivity contribution in [2.24, 2.45) is 10.7 Å². The summed E-state index contributed by atoms with van der Waals surface area (Å²) < 4.78 is 1.71. The summed E-state index contributed by atoms with van der Waals surface area (Å²) in [5, 5.41) is 3.32. The SMILES string of the molecule is NC(=NCCn1c(=O)[nH]c2ccccc21)NC1CCCCCC1. The number of aromatic amines is 1. The third-order valence-electron chi connectivity index (χ3n) is 4.49. The fourth-order valence-electron chi connectivity index (χ4n) is 3.28. The minimum absolute atomic E-state index is 0.100. The zero-order chi connectivity index (χ0) is 16.1. The summed E-state index contributed by atoms with van der Waals surface area (Å²) in [4.78, 5) is 19.2. The molecule has 0 bridgehead atoms. The second kappa shape index (κ2) is 7.35. The molecule has 6 heteroatoms. The van der Waals surface area contributed by atoms with E-state index in [1.807, 2.05) is 24.3 Å². The van der Waals surface area contributed by atoms with E-state index in [1.54, 1.807) is 4.57 Å². The first-order valence-corrected chi connectivity index (χ1v) is 8.48. The van der Waals surface area contributed by atoms with E-state index in [1.165, 1.54) is 25.7 Å². The molecule has 0 aliphatic heterocycles. The molecule has 3 rings (SSSR count). The maximum atomic E-state index is 12.0. The summed E-state index contributed by atoms with van der Waals surface area (Å²) in [6.07, 6.45) is 7.49. The van der Waals surface area contributed by atoms with Crippen molar-refractivity contribution in [1.29, 1.82) is 0 Å². The van der Waals surface area contributed by atoms with E-state index in [4.69, 9.17) is 5.73 Å². The number of aromatic nitrogens is 2. The molecule has 0 atom stereocenters. The number of nitrogens with zero attached hydrogens (tertiary/aromatic N) is 2. The lowest BCUT2D eigenvalue weighted by molar-refractivity contribution is 0.529. The summed E-state index contributed by atoms with van der Waals surface area (Å²) in [6.45, 7) is 1.02. The molecule has 1 aliphatic rings. The Labute approximate surface area is 135 Å². The molecular formula is C17H25N5O. The van der Waals surface area contributed by atoms with Crippen molar-refractivity contribution in [1.82, 2.24) is 14.9 Å². The average Bonchev–Trinajstić information content (AvgIpc) is 2.71. The Kier molecular flexibility index (Phi) is 5.00. The van der Waals surface area contributed by atoms with Gasteiger partial charge in [0.1, 0.15) is 0 Å². The highest BCUT2D eigenvalue weighted by atomic mass is 16.1. The lowest BCUT2D eigenvalue weighted by Gasteiger charge is -2.16. The Morgan fingerprint density at radius 1 is 1.26 bits per heavy atom. The van der Waals surface area contributed by atoms with Crippen molar-refractivity contribution in [3.8, 4) is 0 Å². The monoisotopic (exact) mass is 315 g/mol. The van der Waals surface area contributed by atoms with Crippen LogP contribution in [0.25, 0.3) is 11.0 Å². The minimum atomic E-state index is -0.100. The van der Waals surface area contributed by atoms with Gasteiger partial charge in [0.2, 0.25) is 0 Å². The zero-order valence-corrected chi connectivity index (χ0v) is 13.4. The maximum Gasteiger partial charge on any atom is 0.326 e. The first-order valence-electron chi connectivity index (χ1n) is 8.48. The first-order chi connectivity index (χ1) is 11.2. The quantitative estimate of drug-likeness (QED) is 0.458. The third-order valence-corrected chi connectivity index (χ3v) is 4.49. The number of benzene rings is 1. The van der Waals surface area contributed by atoms with Crippen molar-refractivity contribution >= 4 is 17.0 Å². The van der Waals surface area contributed by atoms with Crippen LogP contribution in [0.15, 0.2) is 34.1 Å². The van der Waals surface area contributed by atoms with Gasteiger partial charge in [-0.15, -0.1) is 0 Å². The van der Waals surface area contributed by atoms with Gasteiger partial charge in [-0.25, -0.2) is 4.79 Å². The summed E-state index contributed by atoms with van der Waals surface area (Å²) in [7, 11) is 0. The van der Waals surface area contributed by atoms with Gasteiger partial charge in [-0.2, -0.15) is 0 Å². The predicted octanol–water partition coefficient (Wildman–Crippen LogP) is 1.96. The maximum absolute atomic E-state index is 12.0. The van der Waals surface area contributed by atoms with Gasteiger partial charge in [0.15, 0.2) is 5.96 Å². The van der Waals surface area contributed by atoms with Crippen LogP contribution in [0.1, 0.15) is 38.5 Å². The van der Waals surface area contributed by atoms with Crippen molar-refractivity contribution in [2.45, 2.75) is 51.1 Å². The second-order valence-electron chi connectivity index (χ2n) is 6.20. The van der Waals surface area contributed by atoms with Crippen molar-refractivity contribution in [3.63, 3.8) is 0 Å². The van der Waals surface area contributed by atoms with Gasteiger partial charge in [-0.3, -0.25) is 9.56 Å². The summed E-state index contributed by atoms with van der Waals surface area (Å²) in [6, 6.07) is 8.12. The number of hydrogen-bond donors (Lipinski definition) is 3. The molecule has 1 heterocycles. The van der Waals surface area contributed by atoms with Crippen LogP contribution in [-0.4, -0.2) is 28.1 Å². The highest BCUT2D eigenvalue weighted by molar-refractivity contribution is 5.78. The molecule has 2 aromatic rings. The number of fused-ring (bicyclic) bond motifs is 1. The van der Waals surface area contributed by atoms with E-state index in [0.29, 0.717) is 25.1 Å². The van der Waals surface area contributed by atoms with Crippen molar-refractivity contribution in [3.05, 3.63) is 34.7 Å². The second-order valence-corrected chi connectivity index (χ2v) is 6.20. The molecule has 0 unspecified atom stereocenters. The summed E-state index contributed by atoms with van der Waals surface area (Å²) >= 11 is 0. The van der Waals surface area contributed by atoms with E-state index in [9.17, 15) is 4.79 Å². The van der Waals surface area contributed by atoms with Gasteiger partial charge in [-0.1, -0.05) is 37.8 Å². The number of H-pyrrole nitrogens is 1. The van der Waals surface area contributed by atoms with Crippen LogP contribution in [0.2, 0.25) is 0 Å². The topological polar surface area (TPSA) is 88.2 Å². The first kappa shape index (κ1) is 15.6. The van der Waals surface area contributed by atoms with Crippen LogP contribution in [0.5, 0.6) is 0 Å². The normalized spacial score (nSPS) is 17.3. The molecular weight excluding hydrogens is 290 g/mol. The molecule has 0 amide bonds. The molecule has 0 spiro atoms. The number of aliphatic imine (C=N–C) groups is 1. The summed E-state index contributed by atoms with van der Waals surface area (Å²) in [5.74, 6) is 0.491. The molecule has 0 saturated heterocycles. The Hall–Kier alpha value is -2.24. The Morgan fingerprint density at radius 3 is 2.78 bits per heavy atom. The van der Waals surface area contributed by atoms with E-state index >= 15 is 0 Å². The molecule has 1 aliphatic carbocycles. The molecule has 4 N–H and O–H groups in total. The highest BCUT2D eigenvalue weighted by Crippen LogP contribution is 2.16. The number of nitrogens with two attached hydrogens (primary N) is 1. The molecule has 1 fully saturated rings. The number of para-hydroxylation sites is 2. The fourth-order valence-corrected chi connectivity index (χ4v) is 3.28. The zero-order valence-electron chi connectivity index (χ0n) is 13.4. The molecule has 0 radical (unpaired) electrons. The smallest absolute Gasteiger partial charge is 0.326 e. The number of imidazole rings is 1. The number of guanidine groups is 1. The lowest BCUT2D eigenvalue weighted by atomic mass is 10.1. The van der Waals surface area contributed by atoms with Gasteiger partial charge >= 0.3 is 5.69 Å². The lowest BCUT2D eigenvalue weighted by Crippen LogP contribution is -2.40. The standard InChI is InChI=1S/C17H25N5O/c18-16(20-13-7-3-1-2-4-8-13)19-11-12-22-15-10-6-5-9-14(15)21-17(22)23/h5-6,9-10,13H,1-4,7-8,11-12H2,(H,21,23)(H3,18,19,20). The predicted molar refractivity (Wildman–Crippen MR) is 93.7 cm³/mol.